The smallest absolute Gasteiger partial charge is 0.232 e. The van der Waals surface area contributed by atoms with Crippen LogP contribution in [0.2, 0.25) is 0 Å². The molecular weight excluding hydrogens is 284 g/mol. The topological polar surface area (TPSA) is 50.3 Å². The van der Waals surface area contributed by atoms with Crippen LogP contribution in [0.15, 0.2) is 10.7 Å². The molecule has 1 aliphatic heterocycles. The SMILES string of the molecule is COc1nc(NCC2CCN(C)C2)ncc1Br. The van der Waals surface area contributed by atoms with Gasteiger partial charge in [-0.2, -0.15) is 4.98 Å². The molecule has 0 saturated carbocycles. The van der Waals surface area contributed by atoms with Crippen molar-refractivity contribution in [1.29, 1.82) is 0 Å². The fourth-order valence-electron chi connectivity index (χ4n) is 2.01. The van der Waals surface area contributed by atoms with Crippen LogP contribution in [-0.4, -0.2) is 48.7 Å². The standard InChI is InChI=1S/C11H17BrN4O/c1-16-4-3-8(7-16)5-13-11-14-6-9(12)10(15-11)17-2/h6,8H,3-5,7H2,1-2H3,(H,13,14,15). The van der Waals surface area contributed by atoms with Crippen LogP contribution >= 0.6 is 15.9 Å². The molecule has 0 bridgehead atoms. The first-order valence-corrected chi connectivity index (χ1v) is 6.47. The molecule has 0 aliphatic carbocycles. The maximum absolute atomic E-state index is 5.13. The summed E-state index contributed by atoms with van der Waals surface area (Å²) in [5.41, 5.74) is 0. The Morgan fingerprint density at radius 1 is 1.65 bits per heavy atom. The van der Waals surface area contributed by atoms with Gasteiger partial charge in [-0.3, -0.25) is 0 Å². The lowest BCUT2D eigenvalue weighted by molar-refractivity contribution is 0.393. The number of nitrogens with zero attached hydrogens (tertiary/aromatic N) is 3. The third-order valence-electron chi connectivity index (χ3n) is 2.94. The molecule has 17 heavy (non-hydrogen) atoms. The van der Waals surface area contributed by atoms with Crippen LogP contribution in [0.1, 0.15) is 6.42 Å². The second-order valence-corrected chi connectivity index (χ2v) is 5.20. The van der Waals surface area contributed by atoms with Crippen molar-refractivity contribution >= 4 is 21.9 Å². The fraction of sp³-hybridized carbons (Fsp3) is 0.636. The van der Waals surface area contributed by atoms with Gasteiger partial charge in [0.15, 0.2) is 0 Å². The van der Waals surface area contributed by atoms with E-state index in [1.54, 1.807) is 13.3 Å². The summed E-state index contributed by atoms with van der Waals surface area (Å²) < 4.78 is 5.90. The number of aromatic nitrogens is 2. The van der Waals surface area contributed by atoms with Crippen molar-refractivity contribution in [3.05, 3.63) is 10.7 Å². The molecule has 5 nitrogen and oxygen atoms in total. The maximum atomic E-state index is 5.13. The van der Waals surface area contributed by atoms with Crippen molar-refractivity contribution in [2.24, 2.45) is 5.92 Å². The van der Waals surface area contributed by atoms with Crippen LogP contribution in [0.5, 0.6) is 5.88 Å². The molecule has 0 spiro atoms. The van der Waals surface area contributed by atoms with E-state index in [4.69, 9.17) is 4.74 Å². The van der Waals surface area contributed by atoms with E-state index < -0.39 is 0 Å². The summed E-state index contributed by atoms with van der Waals surface area (Å²) in [6, 6.07) is 0. The lowest BCUT2D eigenvalue weighted by Crippen LogP contribution is -2.19. The van der Waals surface area contributed by atoms with Gasteiger partial charge >= 0.3 is 0 Å². The number of anilines is 1. The number of likely N-dealkylation sites (tertiary alicyclic amines) is 1. The van der Waals surface area contributed by atoms with Crippen molar-refractivity contribution in [3.63, 3.8) is 0 Å². The Balaban J connectivity index is 1.90. The first-order chi connectivity index (χ1) is 8.19. The fourth-order valence-corrected chi connectivity index (χ4v) is 2.36. The summed E-state index contributed by atoms with van der Waals surface area (Å²) >= 11 is 3.33. The highest BCUT2D eigenvalue weighted by Gasteiger charge is 2.19. The van der Waals surface area contributed by atoms with Crippen LogP contribution in [0.25, 0.3) is 0 Å². The van der Waals surface area contributed by atoms with Crippen molar-refractivity contribution in [2.45, 2.75) is 6.42 Å². The normalized spacial score (nSPS) is 20.5. The molecule has 1 aliphatic rings. The van der Waals surface area contributed by atoms with Crippen molar-refractivity contribution < 1.29 is 4.74 Å². The molecule has 1 unspecified atom stereocenters. The highest BCUT2D eigenvalue weighted by Crippen LogP contribution is 2.22. The van der Waals surface area contributed by atoms with Crippen LogP contribution in [0.4, 0.5) is 5.95 Å². The minimum atomic E-state index is 0.561. The Morgan fingerprint density at radius 2 is 2.47 bits per heavy atom. The monoisotopic (exact) mass is 300 g/mol. The minimum absolute atomic E-state index is 0.561. The third-order valence-corrected chi connectivity index (χ3v) is 3.49. The van der Waals surface area contributed by atoms with E-state index in [9.17, 15) is 0 Å². The first kappa shape index (κ1) is 12.6. The Labute approximate surface area is 110 Å². The molecule has 0 radical (unpaired) electrons. The number of methoxy groups -OCH3 is 1. The summed E-state index contributed by atoms with van der Waals surface area (Å²) in [6.45, 7) is 3.23. The van der Waals surface area contributed by atoms with Gasteiger partial charge in [0, 0.05) is 13.1 Å². The van der Waals surface area contributed by atoms with Gasteiger partial charge in [0.1, 0.15) is 0 Å². The molecule has 1 aromatic rings. The molecule has 2 rings (SSSR count). The number of ether oxygens (including phenoxy) is 1. The molecule has 0 amide bonds. The molecule has 2 heterocycles. The quantitative estimate of drug-likeness (QED) is 0.915. The van der Waals surface area contributed by atoms with Gasteiger partial charge in [0.05, 0.1) is 17.8 Å². The van der Waals surface area contributed by atoms with E-state index in [-0.39, 0.29) is 0 Å². The first-order valence-electron chi connectivity index (χ1n) is 5.68. The van der Waals surface area contributed by atoms with Crippen LogP contribution in [0.3, 0.4) is 0 Å². The van der Waals surface area contributed by atoms with Gasteiger partial charge in [-0.25, -0.2) is 4.98 Å². The summed E-state index contributed by atoms with van der Waals surface area (Å²) in [5.74, 6) is 1.86. The zero-order chi connectivity index (χ0) is 12.3. The highest BCUT2D eigenvalue weighted by atomic mass is 79.9. The van der Waals surface area contributed by atoms with Crippen LogP contribution in [-0.2, 0) is 0 Å². The van der Waals surface area contributed by atoms with Gasteiger partial charge in [-0.1, -0.05) is 0 Å². The number of rotatable bonds is 4. The van der Waals surface area contributed by atoms with Gasteiger partial charge in [0.2, 0.25) is 11.8 Å². The second-order valence-electron chi connectivity index (χ2n) is 4.35. The molecular formula is C11H17BrN4O. The predicted octanol–water partition coefficient (Wildman–Crippen LogP) is 1.61. The number of nitrogens with one attached hydrogen (secondary N) is 1. The number of hydrogen-bond acceptors (Lipinski definition) is 5. The van der Waals surface area contributed by atoms with Gasteiger partial charge in [-0.05, 0) is 41.9 Å². The molecule has 1 saturated heterocycles. The van der Waals surface area contributed by atoms with Crippen molar-refractivity contribution in [1.82, 2.24) is 14.9 Å². The summed E-state index contributed by atoms with van der Waals surface area (Å²) in [6.07, 6.45) is 2.94. The van der Waals surface area contributed by atoms with E-state index in [0.29, 0.717) is 17.7 Å². The molecule has 1 N–H and O–H groups in total. The third kappa shape index (κ3) is 3.29. The van der Waals surface area contributed by atoms with Crippen LogP contribution < -0.4 is 10.1 Å². The summed E-state index contributed by atoms with van der Waals surface area (Å²) in [7, 11) is 3.75. The average molecular weight is 301 g/mol. The largest absolute Gasteiger partial charge is 0.480 e. The molecule has 1 aromatic heterocycles. The van der Waals surface area contributed by atoms with Crippen molar-refractivity contribution in [2.75, 3.05) is 39.1 Å². The second kappa shape index (κ2) is 5.64. The van der Waals surface area contributed by atoms with Gasteiger partial charge < -0.3 is 15.0 Å². The van der Waals surface area contributed by atoms with Gasteiger partial charge in [0.25, 0.3) is 0 Å². The zero-order valence-electron chi connectivity index (χ0n) is 10.1. The Kier molecular flexibility index (Phi) is 4.17. The maximum Gasteiger partial charge on any atom is 0.232 e. The highest BCUT2D eigenvalue weighted by molar-refractivity contribution is 9.10. The van der Waals surface area contributed by atoms with Gasteiger partial charge in [-0.15, -0.1) is 0 Å². The molecule has 1 fully saturated rings. The van der Waals surface area contributed by atoms with Crippen molar-refractivity contribution in [3.8, 4) is 5.88 Å². The van der Waals surface area contributed by atoms with E-state index in [2.05, 4.69) is 43.2 Å². The minimum Gasteiger partial charge on any atom is -0.480 e. The summed E-state index contributed by atoms with van der Waals surface area (Å²) in [5, 5.41) is 3.26. The Bertz CT molecular complexity index is 388. The lowest BCUT2D eigenvalue weighted by atomic mass is 10.1. The van der Waals surface area contributed by atoms with E-state index in [1.165, 1.54) is 13.0 Å². The molecule has 94 valence electrons. The zero-order valence-corrected chi connectivity index (χ0v) is 11.7. The Morgan fingerprint density at radius 3 is 3.12 bits per heavy atom. The average Bonchev–Trinajstić information content (AvgIpc) is 2.74. The molecule has 6 heteroatoms. The molecule has 1 atom stereocenters. The molecule has 0 aromatic carbocycles. The Hall–Kier alpha value is -0.880. The number of hydrogen-bond donors (Lipinski definition) is 1. The number of halogens is 1. The van der Waals surface area contributed by atoms with E-state index >= 15 is 0 Å². The van der Waals surface area contributed by atoms with Crippen LogP contribution in [0, 0.1) is 5.92 Å². The van der Waals surface area contributed by atoms with E-state index in [1.807, 2.05) is 0 Å². The predicted molar refractivity (Wildman–Crippen MR) is 70.4 cm³/mol. The summed E-state index contributed by atoms with van der Waals surface area (Å²) in [4.78, 5) is 10.8. The lowest BCUT2D eigenvalue weighted by Gasteiger charge is -2.12. The van der Waals surface area contributed by atoms with E-state index in [0.717, 1.165) is 17.6 Å².